The molecule has 0 fully saturated rings. The Labute approximate surface area is 54.2 Å². The molecule has 48 valence electrons. The Kier molecular flexibility index (Phi) is 2.69. The maximum Gasteiger partial charge on any atom is 0.0624 e. The SMILES string of the molecule is C1=CCCCN=NN=C1. The molecule has 0 saturated carbocycles. The van der Waals surface area contributed by atoms with Crippen molar-refractivity contribution < 1.29 is 0 Å². The van der Waals surface area contributed by atoms with Crippen molar-refractivity contribution in [1.82, 2.24) is 0 Å². The molecule has 3 heteroatoms. The zero-order chi connectivity index (χ0) is 6.36. The molecule has 0 spiro atoms. The molecule has 0 radical (unpaired) electrons. The normalized spacial score (nSPS) is 18.7. The van der Waals surface area contributed by atoms with Crippen molar-refractivity contribution in [1.29, 1.82) is 0 Å². The first kappa shape index (κ1) is 6.13. The van der Waals surface area contributed by atoms with Crippen LogP contribution in [-0.4, -0.2) is 12.8 Å². The van der Waals surface area contributed by atoms with Crippen LogP contribution in [0.5, 0.6) is 0 Å². The molecule has 0 N–H and O–H groups in total. The molecule has 0 saturated heterocycles. The van der Waals surface area contributed by atoms with Gasteiger partial charge in [-0.2, -0.15) is 5.11 Å². The second-order valence-electron chi connectivity index (χ2n) is 1.79. The lowest BCUT2D eigenvalue weighted by atomic mass is 10.3. The van der Waals surface area contributed by atoms with Gasteiger partial charge in [-0.3, -0.25) is 0 Å². The van der Waals surface area contributed by atoms with Crippen molar-refractivity contribution in [2.24, 2.45) is 15.4 Å². The molecule has 9 heavy (non-hydrogen) atoms. The van der Waals surface area contributed by atoms with E-state index >= 15 is 0 Å². The van der Waals surface area contributed by atoms with Crippen molar-refractivity contribution in [2.75, 3.05) is 6.54 Å². The van der Waals surface area contributed by atoms with Crippen molar-refractivity contribution in [3.8, 4) is 0 Å². The van der Waals surface area contributed by atoms with Gasteiger partial charge >= 0.3 is 0 Å². The molecule has 0 aromatic carbocycles. The first-order valence-corrected chi connectivity index (χ1v) is 3.05. The molecule has 0 bridgehead atoms. The molecule has 3 nitrogen and oxygen atoms in total. The number of nitrogens with zero attached hydrogens (tertiary/aromatic N) is 3. The van der Waals surface area contributed by atoms with Gasteiger partial charge in [-0.1, -0.05) is 6.08 Å². The minimum atomic E-state index is 0.793. The molecular weight excluding hydrogens is 114 g/mol. The van der Waals surface area contributed by atoms with Crippen LogP contribution >= 0.6 is 0 Å². The smallest absolute Gasteiger partial charge is 0.0624 e. The molecule has 1 heterocycles. The van der Waals surface area contributed by atoms with E-state index in [4.69, 9.17) is 0 Å². The van der Waals surface area contributed by atoms with E-state index in [-0.39, 0.29) is 0 Å². The van der Waals surface area contributed by atoms with Gasteiger partial charge in [-0.25, -0.2) is 0 Å². The van der Waals surface area contributed by atoms with Crippen LogP contribution in [0.25, 0.3) is 0 Å². The summed E-state index contributed by atoms with van der Waals surface area (Å²) in [5.41, 5.74) is 0. The Hall–Kier alpha value is -0.990. The van der Waals surface area contributed by atoms with Gasteiger partial charge in [-0.05, 0) is 24.1 Å². The van der Waals surface area contributed by atoms with Crippen molar-refractivity contribution >= 4 is 6.21 Å². The van der Waals surface area contributed by atoms with E-state index in [0.29, 0.717) is 0 Å². The number of hydrogen-bond acceptors (Lipinski definition) is 3. The summed E-state index contributed by atoms with van der Waals surface area (Å²) in [6.07, 6.45) is 7.76. The van der Waals surface area contributed by atoms with E-state index in [1.54, 1.807) is 6.21 Å². The third-order valence-electron chi connectivity index (χ3n) is 1.03. The summed E-state index contributed by atoms with van der Waals surface area (Å²) in [6, 6.07) is 0. The fourth-order valence-electron chi connectivity index (χ4n) is 0.586. The third-order valence-corrected chi connectivity index (χ3v) is 1.03. The van der Waals surface area contributed by atoms with Gasteiger partial charge in [-0.15, -0.1) is 5.10 Å². The second-order valence-corrected chi connectivity index (χ2v) is 1.79. The van der Waals surface area contributed by atoms with Crippen LogP contribution in [0.3, 0.4) is 0 Å². The lowest BCUT2D eigenvalue weighted by Crippen LogP contribution is -1.74. The van der Waals surface area contributed by atoms with Gasteiger partial charge < -0.3 is 0 Å². The molecule has 0 unspecified atom stereocenters. The summed E-state index contributed by atoms with van der Waals surface area (Å²) in [7, 11) is 0. The zero-order valence-corrected chi connectivity index (χ0v) is 5.20. The standard InChI is InChI=1S/C6H9N3/c1-2-4-6-8-9-7-5-3-1/h1,3,5H,2,4,6H2. The van der Waals surface area contributed by atoms with Gasteiger partial charge in [0.15, 0.2) is 0 Å². The summed E-state index contributed by atoms with van der Waals surface area (Å²) < 4.78 is 0. The number of hydrogen-bond donors (Lipinski definition) is 0. The van der Waals surface area contributed by atoms with Gasteiger partial charge in [0, 0.05) is 0 Å². The summed E-state index contributed by atoms with van der Waals surface area (Å²) in [6.45, 7) is 0.793. The predicted molar refractivity (Wildman–Crippen MR) is 36.6 cm³/mol. The van der Waals surface area contributed by atoms with Crippen LogP contribution in [0.2, 0.25) is 0 Å². The number of rotatable bonds is 0. The average Bonchev–Trinajstić information content (AvgIpc) is 2.00. The van der Waals surface area contributed by atoms with Crippen LogP contribution < -0.4 is 0 Å². The predicted octanol–water partition coefficient (Wildman–Crippen LogP) is 1.77. The molecule has 1 aliphatic heterocycles. The molecular formula is C6H9N3. The van der Waals surface area contributed by atoms with E-state index in [2.05, 4.69) is 21.5 Å². The highest BCUT2D eigenvalue weighted by Crippen LogP contribution is 1.93. The van der Waals surface area contributed by atoms with Crippen molar-refractivity contribution in [2.45, 2.75) is 12.8 Å². The Morgan fingerprint density at radius 2 is 2.33 bits per heavy atom. The van der Waals surface area contributed by atoms with Crippen LogP contribution in [0.4, 0.5) is 0 Å². The molecule has 1 aliphatic rings. The quantitative estimate of drug-likeness (QED) is 0.471. The van der Waals surface area contributed by atoms with E-state index in [0.717, 1.165) is 19.4 Å². The molecule has 0 aromatic heterocycles. The molecule has 0 aromatic rings. The Morgan fingerprint density at radius 3 is 3.33 bits per heavy atom. The topological polar surface area (TPSA) is 37.1 Å². The maximum absolute atomic E-state index is 3.78. The first-order chi connectivity index (χ1) is 4.50. The van der Waals surface area contributed by atoms with Crippen LogP contribution in [0.1, 0.15) is 12.8 Å². The lowest BCUT2D eigenvalue weighted by molar-refractivity contribution is 0.800. The third kappa shape index (κ3) is 2.74. The van der Waals surface area contributed by atoms with E-state index in [9.17, 15) is 0 Å². The van der Waals surface area contributed by atoms with E-state index in [1.165, 1.54) is 0 Å². The molecule has 0 amide bonds. The van der Waals surface area contributed by atoms with Gasteiger partial charge in [0.05, 0.1) is 12.8 Å². The largest absolute Gasteiger partial charge is 0.169 e. The maximum atomic E-state index is 3.78. The lowest BCUT2D eigenvalue weighted by Gasteiger charge is -1.83. The Bertz CT molecular complexity index is 130. The van der Waals surface area contributed by atoms with Crippen LogP contribution in [-0.2, 0) is 0 Å². The van der Waals surface area contributed by atoms with Crippen LogP contribution in [0.15, 0.2) is 27.6 Å². The molecule has 0 atom stereocenters. The van der Waals surface area contributed by atoms with E-state index < -0.39 is 0 Å². The Morgan fingerprint density at radius 1 is 1.33 bits per heavy atom. The minimum absolute atomic E-state index is 0.793. The fraction of sp³-hybridized carbons (Fsp3) is 0.500. The summed E-state index contributed by atoms with van der Waals surface area (Å²) in [4.78, 5) is 0. The average molecular weight is 123 g/mol. The van der Waals surface area contributed by atoms with Crippen molar-refractivity contribution in [3.63, 3.8) is 0 Å². The minimum Gasteiger partial charge on any atom is -0.169 e. The summed E-state index contributed by atoms with van der Waals surface area (Å²) in [5.74, 6) is 0. The monoisotopic (exact) mass is 123 g/mol. The van der Waals surface area contributed by atoms with E-state index in [1.807, 2.05) is 6.08 Å². The van der Waals surface area contributed by atoms with Crippen LogP contribution in [0, 0.1) is 0 Å². The zero-order valence-electron chi connectivity index (χ0n) is 5.20. The highest BCUT2D eigenvalue weighted by atomic mass is 15.4. The summed E-state index contributed by atoms with van der Waals surface area (Å²) >= 11 is 0. The summed E-state index contributed by atoms with van der Waals surface area (Å²) in [5, 5.41) is 10.9. The Balaban J connectivity index is 2.45. The molecule has 1 rings (SSSR count). The number of allylic oxidation sites excluding steroid dienone is 2. The fourth-order valence-corrected chi connectivity index (χ4v) is 0.586. The van der Waals surface area contributed by atoms with Crippen molar-refractivity contribution in [3.05, 3.63) is 12.2 Å². The second kappa shape index (κ2) is 3.95. The molecule has 0 aliphatic carbocycles. The highest BCUT2D eigenvalue weighted by Gasteiger charge is 1.81. The first-order valence-electron chi connectivity index (χ1n) is 3.05. The van der Waals surface area contributed by atoms with Gasteiger partial charge in [0.25, 0.3) is 0 Å². The van der Waals surface area contributed by atoms with Gasteiger partial charge in [0.1, 0.15) is 0 Å². The highest BCUT2D eigenvalue weighted by molar-refractivity contribution is 5.70. The van der Waals surface area contributed by atoms with Gasteiger partial charge in [0.2, 0.25) is 0 Å².